The van der Waals surface area contributed by atoms with Gasteiger partial charge in [-0.3, -0.25) is 4.79 Å². The Labute approximate surface area is 127 Å². The lowest BCUT2D eigenvalue weighted by atomic mass is 10.1. The number of amides is 1. The maximum absolute atomic E-state index is 12.6. The quantitative estimate of drug-likeness (QED) is 0.374. The number of nitrogens with zero attached hydrogens (tertiary/aromatic N) is 2. The molecule has 0 spiro atoms. The fourth-order valence-electron chi connectivity index (χ4n) is 1.85. The highest BCUT2D eigenvalue weighted by atomic mass is 79.9. The van der Waals surface area contributed by atoms with Crippen molar-refractivity contribution in [3.05, 3.63) is 33.8 Å². The van der Waals surface area contributed by atoms with Crippen molar-refractivity contribution in [2.24, 2.45) is 10.9 Å². The first-order valence-corrected chi connectivity index (χ1v) is 7.20. The molecule has 20 heavy (non-hydrogen) atoms. The standard InChI is InChI=1S/C14H20BrN3O2/c1-9(2)18(8-7-12(16)17-20)14(19)11-6-4-5-10(3)13(11)15/h4-6,9,20H,7-8H2,1-3H3,(H2,16,17). The van der Waals surface area contributed by atoms with Crippen LogP contribution in [0.2, 0.25) is 0 Å². The van der Waals surface area contributed by atoms with E-state index in [4.69, 9.17) is 10.9 Å². The van der Waals surface area contributed by atoms with Crippen molar-refractivity contribution in [1.29, 1.82) is 0 Å². The van der Waals surface area contributed by atoms with E-state index in [1.807, 2.05) is 32.9 Å². The van der Waals surface area contributed by atoms with Gasteiger partial charge in [0.05, 0.1) is 5.56 Å². The summed E-state index contributed by atoms with van der Waals surface area (Å²) in [6.07, 6.45) is 0.337. The maximum atomic E-state index is 12.6. The number of amidine groups is 1. The molecule has 1 rings (SSSR count). The Balaban J connectivity index is 2.97. The molecular weight excluding hydrogens is 322 g/mol. The zero-order chi connectivity index (χ0) is 15.3. The average molecular weight is 342 g/mol. The van der Waals surface area contributed by atoms with Crippen LogP contribution < -0.4 is 5.73 Å². The normalized spacial score (nSPS) is 11.8. The summed E-state index contributed by atoms with van der Waals surface area (Å²) >= 11 is 3.46. The van der Waals surface area contributed by atoms with Crippen LogP contribution in [0.25, 0.3) is 0 Å². The SMILES string of the molecule is Cc1cccc(C(=O)N(CC/C(N)=N/O)C(C)C)c1Br. The molecule has 0 aromatic heterocycles. The number of carbonyl (C=O) groups is 1. The second-order valence-corrected chi connectivity index (χ2v) is 5.66. The molecule has 110 valence electrons. The van der Waals surface area contributed by atoms with Gasteiger partial charge < -0.3 is 15.8 Å². The third kappa shape index (κ3) is 3.96. The van der Waals surface area contributed by atoms with Crippen LogP contribution in [0.5, 0.6) is 0 Å². The smallest absolute Gasteiger partial charge is 0.255 e. The Kier molecular flexibility index (Phi) is 6.01. The van der Waals surface area contributed by atoms with Crippen LogP contribution in [0.4, 0.5) is 0 Å². The van der Waals surface area contributed by atoms with Gasteiger partial charge in [0, 0.05) is 23.5 Å². The van der Waals surface area contributed by atoms with Gasteiger partial charge in [-0.1, -0.05) is 17.3 Å². The number of halogens is 1. The van der Waals surface area contributed by atoms with Gasteiger partial charge in [-0.25, -0.2) is 0 Å². The van der Waals surface area contributed by atoms with Crippen molar-refractivity contribution < 1.29 is 10.0 Å². The Morgan fingerprint density at radius 1 is 1.50 bits per heavy atom. The lowest BCUT2D eigenvalue weighted by Crippen LogP contribution is -2.39. The van der Waals surface area contributed by atoms with Gasteiger partial charge in [-0.05, 0) is 48.3 Å². The highest BCUT2D eigenvalue weighted by Crippen LogP contribution is 2.23. The van der Waals surface area contributed by atoms with Crippen LogP contribution in [0.15, 0.2) is 27.8 Å². The van der Waals surface area contributed by atoms with Crippen LogP contribution in [0, 0.1) is 6.92 Å². The molecular formula is C14H20BrN3O2. The van der Waals surface area contributed by atoms with Crippen molar-refractivity contribution in [3.8, 4) is 0 Å². The predicted octanol–water partition coefficient (Wildman–Crippen LogP) is 2.74. The number of aryl methyl sites for hydroxylation is 1. The van der Waals surface area contributed by atoms with E-state index in [0.717, 1.165) is 10.0 Å². The van der Waals surface area contributed by atoms with Crippen LogP contribution in [0.1, 0.15) is 36.2 Å². The number of rotatable bonds is 5. The lowest BCUT2D eigenvalue weighted by molar-refractivity contribution is 0.0710. The molecule has 0 atom stereocenters. The summed E-state index contributed by atoms with van der Waals surface area (Å²) in [4.78, 5) is 14.3. The molecule has 0 saturated carbocycles. The van der Waals surface area contributed by atoms with Gasteiger partial charge in [0.15, 0.2) is 0 Å². The molecule has 0 aliphatic carbocycles. The van der Waals surface area contributed by atoms with Crippen LogP contribution >= 0.6 is 15.9 Å². The monoisotopic (exact) mass is 341 g/mol. The number of nitrogens with two attached hydrogens (primary N) is 1. The van der Waals surface area contributed by atoms with E-state index in [0.29, 0.717) is 18.5 Å². The zero-order valence-corrected chi connectivity index (χ0v) is 13.5. The molecule has 0 unspecified atom stereocenters. The third-order valence-electron chi connectivity index (χ3n) is 3.04. The molecule has 0 heterocycles. The van der Waals surface area contributed by atoms with Crippen molar-refractivity contribution >= 4 is 27.7 Å². The minimum atomic E-state index is -0.0682. The number of hydrogen-bond donors (Lipinski definition) is 2. The third-order valence-corrected chi connectivity index (χ3v) is 4.10. The molecule has 1 aromatic rings. The summed E-state index contributed by atoms with van der Waals surface area (Å²) in [5.41, 5.74) is 7.10. The number of hydrogen-bond acceptors (Lipinski definition) is 3. The van der Waals surface area contributed by atoms with E-state index in [2.05, 4.69) is 21.1 Å². The Hall–Kier alpha value is -1.56. The fourth-order valence-corrected chi connectivity index (χ4v) is 2.28. The van der Waals surface area contributed by atoms with Crippen LogP contribution in [-0.2, 0) is 0 Å². The molecule has 0 bridgehead atoms. The van der Waals surface area contributed by atoms with E-state index in [1.165, 1.54) is 0 Å². The molecule has 1 aromatic carbocycles. The first kappa shape index (κ1) is 16.5. The molecule has 0 saturated heterocycles. The van der Waals surface area contributed by atoms with Crippen molar-refractivity contribution in [1.82, 2.24) is 4.90 Å². The largest absolute Gasteiger partial charge is 0.409 e. The molecule has 0 radical (unpaired) electrons. The first-order valence-electron chi connectivity index (χ1n) is 6.41. The Morgan fingerprint density at radius 2 is 2.15 bits per heavy atom. The second-order valence-electron chi connectivity index (χ2n) is 4.87. The summed E-state index contributed by atoms with van der Waals surface area (Å²) in [6, 6.07) is 5.62. The second kappa shape index (κ2) is 7.28. The van der Waals surface area contributed by atoms with Crippen molar-refractivity contribution in [3.63, 3.8) is 0 Å². The molecule has 3 N–H and O–H groups in total. The minimum absolute atomic E-state index is 0.0291. The van der Waals surface area contributed by atoms with E-state index in [-0.39, 0.29) is 17.8 Å². The Bertz CT molecular complexity index is 515. The zero-order valence-electron chi connectivity index (χ0n) is 11.9. The van der Waals surface area contributed by atoms with E-state index in [9.17, 15) is 4.79 Å². The fraction of sp³-hybridized carbons (Fsp3) is 0.429. The summed E-state index contributed by atoms with van der Waals surface area (Å²) in [5.74, 6) is 0.0491. The highest BCUT2D eigenvalue weighted by molar-refractivity contribution is 9.10. The van der Waals surface area contributed by atoms with Gasteiger partial charge in [0.2, 0.25) is 0 Å². The molecule has 0 aliphatic heterocycles. The van der Waals surface area contributed by atoms with Crippen LogP contribution in [0.3, 0.4) is 0 Å². The molecule has 5 nitrogen and oxygen atoms in total. The van der Waals surface area contributed by atoms with Gasteiger partial charge in [-0.15, -0.1) is 0 Å². The highest BCUT2D eigenvalue weighted by Gasteiger charge is 2.21. The average Bonchev–Trinajstić information content (AvgIpc) is 2.41. The van der Waals surface area contributed by atoms with Gasteiger partial charge in [0.1, 0.15) is 5.84 Å². The van der Waals surface area contributed by atoms with Gasteiger partial charge >= 0.3 is 0 Å². The maximum Gasteiger partial charge on any atom is 0.255 e. The molecule has 6 heteroatoms. The summed E-state index contributed by atoms with van der Waals surface area (Å²) in [7, 11) is 0. The topological polar surface area (TPSA) is 78.9 Å². The van der Waals surface area contributed by atoms with E-state index >= 15 is 0 Å². The summed E-state index contributed by atoms with van der Waals surface area (Å²) in [5, 5.41) is 11.5. The molecule has 1 amide bonds. The van der Waals surface area contributed by atoms with Crippen LogP contribution in [-0.4, -0.2) is 34.4 Å². The number of carbonyl (C=O) groups excluding carboxylic acids is 1. The van der Waals surface area contributed by atoms with Crippen molar-refractivity contribution in [2.75, 3.05) is 6.54 Å². The van der Waals surface area contributed by atoms with E-state index < -0.39 is 0 Å². The summed E-state index contributed by atoms with van der Waals surface area (Å²) < 4.78 is 0.805. The number of benzene rings is 1. The Morgan fingerprint density at radius 3 is 2.70 bits per heavy atom. The van der Waals surface area contributed by atoms with E-state index in [1.54, 1.807) is 11.0 Å². The molecule has 0 fully saturated rings. The lowest BCUT2D eigenvalue weighted by Gasteiger charge is -2.27. The minimum Gasteiger partial charge on any atom is -0.409 e. The van der Waals surface area contributed by atoms with Gasteiger partial charge in [-0.2, -0.15) is 0 Å². The number of oxime groups is 1. The summed E-state index contributed by atoms with van der Waals surface area (Å²) in [6.45, 7) is 6.23. The predicted molar refractivity (Wildman–Crippen MR) is 83.1 cm³/mol. The van der Waals surface area contributed by atoms with Crippen molar-refractivity contribution in [2.45, 2.75) is 33.2 Å². The molecule has 0 aliphatic rings. The first-order chi connectivity index (χ1) is 9.38. The van der Waals surface area contributed by atoms with Gasteiger partial charge in [0.25, 0.3) is 5.91 Å².